The van der Waals surface area contributed by atoms with E-state index < -0.39 is 5.60 Å². The summed E-state index contributed by atoms with van der Waals surface area (Å²) in [5, 5.41) is 0. The Morgan fingerprint density at radius 1 is 1.20 bits per heavy atom. The Kier molecular flexibility index (Phi) is 4.89. The molecule has 1 saturated heterocycles. The molecule has 2 aromatic rings. The Balaban J connectivity index is 2.05. The van der Waals surface area contributed by atoms with Crippen molar-refractivity contribution in [2.24, 2.45) is 0 Å². The van der Waals surface area contributed by atoms with Gasteiger partial charge in [-0.05, 0) is 50.2 Å². The van der Waals surface area contributed by atoms with Crippen LogP contribution in [-0.2, 0) is 16.8 Å². The molecule has 0 saturated carbocycles. The highest BCUT2D eigenvalue weighted by molar-refractivity contribution is 5.55. The molecular weight excluding hydrogens is 315 g/mol. The minimum Gasteiger partial charge on any atom is -0.356 e. The smallest absolute Gasteiger partial charge is 0.187 e. The zero-order valence-electron chi connectivity index (χ0n) is 14.9. The number of benzene rings is 2. The van der Waals surface area contributed by atoms with Crippen molar-refractivity contribution in [2.45, 2.75) is 31.5 Å². The standard InChI is InChI=1S/C21H23FN2O/c1-5-15-14-18(23-2)10-11-19(15)21(16-6-8-17(22)9-7-16)20(25-21)12-13-24(3)4/h6-11,14,20H,5,12-13H2,1,3-4H3. The van der Waals surface area contributed by atoms with Crippen molar-refractivity contribution in [3.63, 3.8) is 0 Å². The Morgan fingerprint density at radius 3 is 2.52 bits per heavy atom. The Bertz CT molecular complexity index is 795. The molecule has 0 amide bonds. The van der Waals surface area contributed by atoms with Gasteiger partial charge in [0.1, 0.15) is 11.4 Å². The van der Waals surface area contributed by atoms with E-state index in [1.165, 1.54) is 12.1 Å². The van der Waals surface area contributed by atoms with E-state index in [1.807, 2.05) is 44.4 Å². The van der Waals surface area contributed by atoms with Crippen LogP contribution in [0.3, 0.4) is 0 Å². The van der Waals surface area contributed by atoms with Crippen molar-refractivity contribution < 1.29 is 9.13 Å². The number of nitrogens with zero attached hydrogens (tertiary/aromatic N) is 2. The van der Waals surface area contributed by atoms with Gasteiger partial charge in [-0.3, -0.25) is 0 Å². The maximum Gasteiger partial charge on any atom is 0.187 e. The predicted molar refractivity (Wildman–Crippen MR) is 97.3 cm³/mol. The van der Waals surface area contributed by atoms with E-state index in [0.717, 1.165) is 36.1 Å². The van der Waals surface area contributed by atoms with E-state index in [2.05, 4.69) is 16.7 Å². The molecule has 130 valence electrons. The normalized spacial score (nSPS) is 22.0. The molecule has 2 aromatic carbocycles. The molecule has 0 N–H and O–H groups in total. The zero-order chi connectivity index (χ0) is 18.0. The summed E-state index contributed by atoms with van der Waals surface area (Å²) in [6.45, 7) is 10.3. The van der Waals surface area contributed by atoms with Crippen LogP contribution >= 0.6 is 0 Å². The van der Waals surface area contributed by atoms with Gasteiger partial charge >= 0.3 is 0 Å². The van der Waals surface area contributed by atoms with Gasteiger partial charge < -0.3 is 9.64 Å². The molecule has 3 rings (SSSR count). The first kappa shape index (κ1) is 17.6. The summed E-state index contributed by atoms with van der Waals surface area (Å²) >= 11 is 0. The third-order valence-corrected chi connectivity index (χ3v) is 4.83. The van der Waals surface area contributed by atoms with Gasteiger partial charge in [-0.2, -0.15) is 0 Å². The van der Waals surface area contributed by atoms with Gasteiger partial charge in [-0.1, -0.05) is 42.8 Å². The van der Waals surface area contributed by atoms with Crippen molar-refractivity contribution in [3.05, 3.63) is 76.4 Å². The molecule has 25 heavy (non-hydrogen) atoms. The van der Waals surface area contributed by atoms with Gasteiger partial charge in [-0.25, -0.2) is 9.24 Å². The van der Waals surface area contributed by atoms with Gasteiger partial charge in [0.2, 0.25) is 0 Å². The Hall–Kier alpha value is -2.22. The van der Waals surface area contributed by atoms with Crippen LogP contribution in [0, 0.1) is 12.4 Å². The Labute approximate surface area is 148 Å². The maximum atomic E-state index is 13.4. The number of rotatable bonds is 6. The van der Waals surface area contributed by atoms with Crippen molar-refractivity contribution in [3.8, 4) is 0 Å². The summed E-state index contributed by atoms with van der Waals surface area (Å²) in [5.74, 6) is -0.247. The number of ether oxygens (including phenoxy) is 1. The highest BCUT2D eigenvalue weighted by Crippen LogP contribution is 2.54. The molecule has 0 aromatic heterocycles. The monoisotopic (exact) mass is 338 g/mol. The second-order valence-electron chi connectivity index (χ2n) is 6.75. The molecule has 1 fully saturated rings. The second kappa shape index (κ2) is 6.95. The first-order valence-corrected chi connectivity index (χ1v) is 8.60. The summed E-state index contributed by atoms with van der Waals surface area (Å²) < 4.78 is 19.7. The number of aryl methyl sites for hydroxylation is 1. The summed E-state index contributed by atoms with van der Waals surface area (Å²) in [6, 6.07) is 12.4. The molecular formula is C21H23FN2O. The first-order valence-electron chi connectivity index (χ1n) is 8.60. The fraction of sp³-hybridized carbons (Fsp3) is 0.381. The van der Waals surface area contributed by atoms with Gasteiger partial charge in [0.25, 0.3) is 0 Å². The number of halogens is 1. The van der Waals surface area contributed by atoms with Crippen LogP contribution in [0.15, 0.2) is 42.5 Å². The number of hydrogen-bond donors (Lipinski definition) is 0. The van der Waals surface area contributed by atoms with Crippen LogP contribution < -0.4 is 0 Å². The third kappa shape index (κ3) is 3.30. The topological polar surface area (TPSA) is 20.1 Å². The van der Waals surface area contributed by atoms with Crippen molar-refractivity contribution >= 4 is 5.69 Å². The lowest BCUT2D eigenvalue weighted by atomic mass is 9.83. The van der Waals surface area contributed by atoms with Crippen LogP contribution in [0.1, 0.15) is 30.0 Å². The van der Waals surface area contributed by atoms with E-state index in [-0.39, 0.29) is 11.9 Å². The van der Waals surface area contributed by atoms with Crippen molar-refractivity contribution in [1.29, 1.82) is 0 Å². The summed E-state index contributed by atoms with van der Waals surface area (Å²) in [7, 11) is 4.09. The molecule has 0 spiro atoms. The molecule has 3 nitrogen and oxygen atoms in total. The average molecular weight is 338 g/mol. The minimum absolute atomic E-state index is 0.0597. The second-order valence-corrected chi connectivity index (χ2v) is 6.75. The lowest BCUT2D eigenvalue weighted by Gasteiger charge is -2.19. The van der Waals surface area contributed by atoms with E-state index in [0.29, 0.717) is 5.69 Å². The molecule has 1 aliphatic heterocycles. The van der Waals surface area contributed by atoms with Gasteiger partial charge in [0.05, 0.1) is 12.7 Å². The van der Waals surface area contributed by atoms with Gasteiger partial charge in [0.15, 0.2) is 5.69 Å². The van der Waals surface area contributed by atoms with Crippen molar-refractivity contribution in [1.82, 2.24) is 4.90 Å². The molecule has 0 aliphatic carbocycles. The lowest BCUT2D eigenvalue weighted by molar-refractivity contribution is 0.307. The highest BCUT2D eigenvalue weighted by atomic mass is 19.1. The van der Waals surface area contributed by atoms with Crippen LogP contribution in [0.5, 0.6) is 0 Å². The summed E-state index contributed by atoms with van der Waals surface area (Å²) in [6.07, 6.45) is 1.79. The van der Waals surface area contributed by atoms with Crippen LogP contribution in [0.25, 0.3) is 4.85 Å². The largest absolute Gasteiger partial charge is 0.356 e. The van der Waals surface area contributed by atoms with E-state index in [1.54, 1.807) is 0 Å². The number of hydrogen-bond acceptors (Lipinski definition) is 2. The molecule has 1 aliphatic rings. The van der Waals surface area contributed by atoms with Crippen LogP contribution in [0.2, 0.25) is 0 Å². The quantitative estimate of drug-likeness (QED) is 0.569. The average Bonchev–Trinajstić information content (AvgIpc) is 3.35. The molecule has 2 unspecified atom stereocenters. The fourth-order valence-corrected chi connectivity index (χ4v) is 3.48. The molecule has 1 heterocycles. The van der Waals surface area contributed by atoms with E-state index in [4.69, 9.17) is 11.3 Å². The lowest BCUT2D eigenvalue weighted by Crippen LogP contribution is -2.21. The maximum absolute atomic E-state index is 13.4. The van der Waals surface area contributed by atoms with E-state index >= 15 is 0 Å². The Morgan fingerprint density at radius 2 is 1.92 bits per heavy atom. The van der Waals surface area contributed by atoms with E-state index in [9.17, 15) is 4.39 Å². The zero-order valence-corrected chi connectivity index (χ0v) is 14.9. The first-order chi connectivity index (χ1) is 12.0. The molecule has 0 bridgehead atoms. The highest BCUT2D eigenvalue weighted by Gasteiger charge is 2.59. The SMILES string of the molecule is [C-]#[N+]c1ccc(C2(c3ccc(F)cc3)OC2CCN(C)C)c(CC)c1. The predicted octanol–water partition coefficient (Wildman–Crippen LogP) is 4.53. The van der Waals surface area contributed by atoms with Crippen molar-refractivity contribution in [2.75, 3.05) is 20.6 Å². The molecule has 0 radical (unpaired) electrons. The summed E-state index contributed by atoms with van der Waals surface area (Å²) in [5.41, 5.74) is 3.29. The molecule has 2 atom stereocenters. The van der Waals surface area contributed by atoms with Gasteiger partial charge in [0, 0.05) is 6.54 Å². The number of epoxide rings is 1. The van der Waals surface area contributed by atoms with Gasteiger partial charge in [-0.15, -0.1) is 0 Å². The minimum atomic E-state index is -0.532. The fourth-order valence-electron chi connectivity index (χ4n) is 3.48. The summed E-state index contributed by atoms with van der Waals surface area (Å²) in [4.78, 5) is 5.68. The molecule has 4 heteroatoms. The van der Waals surface area contributed by atoms with Crippen LogP contribution in [0.4, 0.5) is 10.1 Å². The van der Waals surface area contributed by atoms with Crippen LogP contribution in [-0.4, -0.2) is 31.6 Å². The third-order valence-electron chi connectivity index (χ3n) is 4.83.